The number of rotatable bonds is 3. The van der Waals surface area contributed by atoms with Gasteiger partial charge in [-0.15, -0.1) is 0 Å². The van der Waals surface area contributed by atoms with Crippen LogP contribution in [0.1, 0.15) is 5.56 Å². The average Bonchev–Trinajstić information content (AvgIpc) is 2.33. The Morgan fingerprint density at radius 1 is 1.17 bits per heavy atom. The quantitative estimate of drug-likeness (QED) is 0.896. The van der Waals surface area contributed by atoms with Gasteiger partial charge in [0.15, 0.2) is 11.6 Å². The third kappa shape index (κ3) is 2.79. The Labute approximate surface area is 111 Å². The summed E-state index contributed by atoms with van der Waals surface area (Å²) in [6.07, 6.45) is 0. The lowest BCUT2D eigenvalue weighted by atomic mass is 10.2. The van der Waals surface area contributed by atoms with Crippen LogP contribution in [0.15, 0.2) is 40.9 Å². The number of benzene rings is 2. The van der Waals surface area contributed by atoms with E-state index in [1.54, 1.807) is 12.1 Å². The molecule has 0 radical (unpaired) electrons. The number of hydrogen-bond donors (Lipinski definition) is 2. The number of aromatic hydroxyl groups is 1. The van der Waals surface area contributed by atoms with Gasteiger partial charge in [-0.3, -0.25) is 0 Å². The van der Waals surface area contributed by atoms with Crippen molar-refractivity contribution in [2.24, 2.45) is 0 Å². The van der Waals surface area contributed by atoms with Crippen LogP contribution in [0.25, 0.3) is 0 Å². The van der Waals surface area contributed by atoms with Crippen molar-refractivity contribution in [3.63, 3.8) is 0 Å². The summed E-state index contributed by atoms with van der Waals surface area (Å²) >= 11 is 3.21. The monoisotopic (exact) mass is 313 g/mol. The zero-order valence-electron chi connectivity index (χ0n) is 9.25. The lowest BCUT2D eigenvalue weighted by Gasteiger charge is -2.10. The lowest BCUT2D eigenvalue weighted by Crippen LogP contribution is -2.01. The first-order valence-corrected chi connectivity index (χ1v) is 6.02. The van der Waals surface area contributed by atoms with Crippen molar-refractivity contribution in [2.45, 2.75) is 6.54 Å². The molecule has 0 aliphatic heterocycles. The van der Waals surface area contributed by atoms with E-state index in [9.17, 15) is 13.9 Å². The third-order valence-electron chi connectivity index (χ3n) is 2.47. The Morgan fingerprint density at radius 2 is 1.94 bits per heavy atom. The molecule has 0 aromatic heterocycles. The van der Waals surface area contributed by atoms with E-state index < -0.39 is 5.82 Å². The van der Waals surface area contributed by atoms with Crippen LogP contribution in [0.2, 0.25) is 0 Å². The molecule has 0 atom stereocenters. The van der Waals surface area contributed by atoms with Crippen molar-refractivity contribution in [3.05, 3.63) is 58.1 Å². The van der Waals surface area contributed by atoms with E-state index in [0.717, 1.165) is 0 Å². The maximum absolute atomic E-state index is 13.1. The number of nitrogens with one attached hydrogen (secondary N) is 1. The highest BCUT2D eigenvalue weighted by molar-refractivity contribution is 9.10. The molecule has 0 bridgehead atoms. The Bertz CT molecular complexity index is 575. The Hall–Kier alpha value is -1.62. The molecule has 18 heavy (non-hydrogen) atoms. The van der Waals surface area contributed by atoms with Gasteiger partial charge >= 0.3 is 0 Å². The van der Waals surface area contributed by atoms with Gasteiger partial charge in [0.25, 0.3) is 0 Å². The van der Waals surface area contributed by atoms with Crippen LogP contribution in [-0.2, 0) is 6.54 Å². The Balaban J connectivity index is 2.14. The molecule has 0 aliphatic carbocycles. The summed E-state index contributed by atoms with van der Waals surface area (Å²) in [6, 6.07) is 8.53. The first kappa shape index (κ1) is 12.8. The van der Waals surface area contributed by atoms with E-state index >= 15 is 0 Å². The summed E-state index contributed by atoms with van der Waals surface area (Å²) in [7, 11) is 0. The molecular formula is C13H10BrF2NO. The average molecular weight is 314 g/mol. The van der Waals surface area contributed by atoms with E-state index in [2.05, 4.69) is 21.2 Å². The van der Waals surface area contributed by atoms with Gasteiger partial charge in [-0.1, -0.05) is 12.1 Å². The number of hydrogen-bond acceptors (Lipinski definition) is 2. The highest BCUT2D eigenvalue weighted by Crippen LogP contribution is 2.26. The van der Waals surface area contributed by atoms with Crippen molar-refractivity contribution in [3.8, 4) is 5.75 Å². The van der Waals surface area contributed by atoms with Gasteiger partial charge in [-0.05, 0) is 40.2 Å². The van der Waals surface area contributed by atoms with Crippen LogP contribution in [0, 0.1) is 11.6 Å². The molecule has 0 saturated carbocycles. The van der Waals surface area contributed by atoms with Crippen molar-refractivity contribution in [1.82, 2.24) is 0 Å². The van der Waals surface area contributed by atoms with E-state index in [4.69, 9.17) is 0 Å². The van der Waals surface area contributed by atoms with Crippen LogP contribution in [0.3, 0.4) is 0 Å². The normalized spacial score (nSPS) is 10.4. The molecule has 0 saturated heterocycles. The topological polar surface area (TPSA) is 32.3 Å². The second kappa shape index (κ2) is 5.35. The van der Waals surface area contributed by atoms with Crippen LogP contribution in [0.4, 0.5) is 14.5 Å². The molecule has 0 unspecified atom stereocenters. The van der Waals surface area contributed by atoms with Gasteiger partial charge in [-0.25, -0.2) is 8.78 Å². The molecule has 94 valence electrons. The summed E-state index contributed by atoms with van der Waals surface area (Å²) in [5, 5.41) is 12.5. The summed E-state index contributed by atoms with van der Waals surface area (Å²) < 4.78 is 26.5. The van der Waals surface area contributed by atoms with Crippen molar-refractivity contribution >= 4 is 21.6 Å². The molecule has 2 aromatic rings. The molecule has 2 rings (SSSR count). The molecule has 0 amide bonds. The standard InChI is InChI=1S/C13H10BrF2NO/c14-10-6-9(15)4-5-12(10)17-7-8-2-1-3-11(16)13(8)18/h1-6,17-18H,7H2. The van der Waals surface area contributed by atoms with Gasteiger partial charge < -0.3 is 10.4 Å². The van der Waals surface area contributed by atoms with Crippen LogP contribution in [-0.4, -0.2) is 5.11 Å². The van der Waals surface area contributed by atoms with E-state index in [1.807, 2.05) is 0 Å². The van der Waals surface area contributed by atoms with Crippen molar-refractivity contribution in [1.29, 1.82) is 0 Å². The van der Waals surface area contributed by atoms with E-state index in [1.165, 1.54) is 24.3 Å². The van der Waals surface area contributed by atoms with Crippen LogP contribution < -0.4 is 5.32 Å². The summed E-state index contributed by atoms with van der Waals surface area (Å²) in [4.78, 5) is 0. The maximum Gasteiger partial charge on any atom is 0.165 e. The van der Waals surface area contributed by atoms with Crippen molar-refractivity contribution in [2.75, 3.05) is 5.32 Å². The van der Waals surface area contributed by atoms with Gasteiger partial charge in [0.05, 0.1) is 0 Å². The van der Waals surface area contributed by atoms with Crippen molar-refractivity contribution < 1.29 is 13.9 Å². The molecule has 0 heterocycles. The first-order chi connectivity index (χ1) is 8.58. The minimum Gasteiger partial charge on any atom is -0.505 e. The second-order valence-corrected chi connectivity index (χ2v) is 4.58. The molecule has 0 spiro atoms. The van der Waals surface area contributed by atoms with Gasteiger partial charge in [0.2, 0.25) is 0 Å². The van der Waals surface area contributed by atoms with Gasteiger partial charge in [-0.2, -0.15) is 0 Å². The van der Waals surface area contributed by atoms with Crippen LogP contribution >= 0.6 is 15.9 Å². The number of phenols is 1. The molecule has 2 N–H and O–H groups in total. The molecular weight excluding hydrogens is 304 g/mol. The molecule has 2 nitrogen and oxygen atoms in total. The minimum atomic E-state index is -0.660. The molecule has 0 aliphatic rings. The predicted molar refractivity (Wildman–Crippen MR) is 69.5 cm³/mol. The smallest absolute Gasteiger partial charge is 0.165 e. The Kier molecular flexibility index (Phi) is 3.81. The predicted octanol–water partition coefficient (Wildman–Crippen LogP) is 4.05. The lowest BCUT2D eigenvalue weighted by molar-refractivity contribution is 0.427. The van der Waals surface area contributed by atoms with E-state index in [0.29, 0.717) is 15.7 Å². The summed E-state index contributed by atoms with van der Waals surface area (Å²) in [6.45, 7) is 0.244. The number of halogens is 3. The zero-order valence-corrected chi connectivity index (χ0v) is 10.8. The fraction of sp³-hybridized carbons (Fsp3) is 0.0769. The van der Waals surface area contributed by atoms with E-state index in [-0.39, 0.29) is 18.1 Å². The summed E-state index contributed by atoms with van der Waals surface area (Å²) in [5.41, 5.74) is 1.10. The number of para-hydroxylation sites is 1. The summed E-state index contributed by atoms with van der Waals surface area (Å²) in [5.74, 6) is -1.38. The highest BCUT2D eigenvalue weighted by atomic mass is 79.9. The SMILES string of the molecule is Oc1c(F)cccc1CNc1ccc(F)cc1Br. The number of phenolic OH excluding ortho intramolecular Hbond substituents is 1. The number of anilines is 1. The second-order valence-electron chi connectivity index (χ2n) is 3.73. The molecule has 0 fully saturated rings. The van der Waals surface area contributed by atoms with Gasteiger partial charge in [0.1, 0.15) is 5.82 Å². The van der Waals surface area contributed by atoms with Gasteiger partial charge in [0, 0.05) is 22.3 Å². The fourth-order valence-corrected chi connectivity index (χ4v) is 2.02. The fourth-order valence-electron chi connectivity index (χ4n) is 1.53. The third-order valence-corrected chi connectivity index (χ3v) is 3.13. The zero-order chi connectivity index (χ0) is 13.1. The molecule has 2 aromatic carbocycles. The largest absolute Gasteiger partial charge is 0.505 e. The maximum atomic E-state index is 13.1. The minimum absolute atomic E-state index is 0.244. The Morgan fingerprint density at radius 3 is 2.67 bits per heavy atom. The highest BCUT2D eigenvalue weighted by Gasteiger charge is 2.07. The first-order valence-electron chi connectivity index (χ1n) is 5.23. The molecule has 5 heteroatoms. The van der Waals surface area contributed by atoms with Crippen LogP contribution in [0.5, 0.6) is 5.75 Å².